The van der Waals surface area contributed by atoms with E-state index in [4.69, 9.17) is 5.73 Å². The standard InChI is InChI=1S/C14H12F2N2O2/c15-14(16)20-12-7-2-1-6-11(12)13(19)18-10-5-3-4-9(17)8-10/h1-8,14H,17H2,(H,18,19). The number of para-hydroxylation sites is 1. The van der Waals surface area contributed by atoms with Crippen LogP contribution in [-0.2, 0) is 0 Å². The number of halogens is 2. The molecule has 0 aliphatic heterocycles. The van der Waals surface area contributed by atoms with Gasteiger partial charge in [0.2, 0.25) is 0 Å². The monoisotopic (exact) mass is 278 g/mol. The summed E-state index contributed by atoms with van der Waals surface area (Å²) in [5.74, 6) is -0.726. The highest BCUT2D eigenvalue weighted by Gasteiger charge is 2.15. The van der Waals surface area contributed by atoms with E-state index in [1.807, 2.05) is 0 Å². The van der Waals surface area contributed by atoms with Crippen LogP contribution >= 0.6 is 0 Å². The van der Waals surface area contributed by atoms with Gasteiger partial charge < -0.3 is 15.8 Å². The van der Waals surface area contributed by atoms with Crippen molar-refractivity contribution in [1.82, 2.24) is 0 Å². The molecule has 3 N–H and O–H groups in total. The Labute approximate surface area is 114 Å². The van der Waals surface area contributed by atoms with Gasteiger partial charge in [0.1, 0.15) is 5.75 Å². The van der Waals surface area contributed by atoms with Gasteiger partial charge in [-0.2, -0.15) is 8.78 Å². The van der Waals surface area contributed by atoms with Crippen LogP contribution in [0.5, 0.6) is 5.75 Å². The molecular formula is C14H12F2N2O2. The average Bonchev–Trinajstić information content (AvgIpc) is 2.38. The van der Waals surface area contributed by atoms with Gasteiger partial charge >= 0.3 is 6.61 Å². The van der Waals surface area contributed by atoms with Crippen LogP contribution in [-0.4, -0.2) is 12.5 Å². The van der Waals surface area contributed by atoms with Crippen molar-refractivity contribution in [2.45, 2.75) is 6.61 Å². The van der Waals surface area contributed by atoms with E-state index in [1.165, 1.54) is 18.2 Å². The van der Waals surface area contributed by atoms with Crippen LogP contribution in [0.2, 0.25) is 0 Å². The lowest BCUT2D eigenvalue weighted by atomic mass is 10.2. The SMILES string of the molecule is Nc1cccc(NC(=O)c2ccccc2OC(F)F)c1. The van der Waals surface area contributed by atoms with Crippen LogP contribution in [0, 0.1) is 0 Å². The van der Waals surface area contributed by atoms with Crippen LogP contribution in [0.15, 0.2) is 48.5 Å². The first-order chi connectivity index (χ1) is 9.56. The molecule has 2 rings (SSSR count). The molecule has 104 valence electrons. The van der Waals surface area contributed by atoms with Gasteiger partial charge in [-0.1, -0.05) is 18.2 Å². The Morgan fingerprint density at radius 1 is 1.15 bits per heavy atom. The van der Waals surface area contributed by atoms with Crippen molar-refractivity contribution >= 4 is 17.3 Å². The molecule has 2 aromatic carbocycles. The minimum absolute atomic E-state index is 0.0234. The Kier molecular flexibility index (Phi) is 4.14. The normalized spacial score (nSPS) is 10.3. The smallest absolute Gasteiger partial charge is 0.387 e. The van der Waals surface area contributed by atoms with Gasteiger partial charge in [0.15, 0.2) is 0 Å². The number of alkyl halides is 2. The van der Waals surface area contributed by atoms with Gasteiger partial charge in [0, 0.05) is 11.4 Å². The predicted octanol–water partition coefficient (Wildman–Crippen LogP) is 3.12. The molecule has 0 saturated heterocycles. The first-order valence-electron chi connectivity index (χ1n) is 5.77. The fraction of sp³-hybridized carbons (Fsp3) is 0.0714. The number of benzene rings is 2. The highest BCUT2D eigenvalue weighted by molar-refractivity contribution is 6.06. The molecule has 0 aromatic heterocycles. The Bertz CT molecular complexity index is 618. The highest BCUT2D eigenvalue weighted by atomic mass is 19.3. The molecule has 0 spiro atoms. The number of nitrogen functional groups attached to an aromatic ring is 1. The number of ether oxygens (including phenoxy) is 1. The quantitative estimate of drug-likeness (QED) is 0.844. The Morgan fingerprint density at radius 3 is 2.60 bits per heavy atom. The average molecular weight is 278 g/mol. The Balaban J connectivity index is 2.21. The molecule has 0 saturated carbocycles. The molecular weight excluding hydrogens is 266 g/mol. The summed E-state index contributed by atoms with van der Waals surface area (Å²) in [7, 11) is 0. The second-order valence-electron chi connectivity index (χ2n) is 3.95. The lowest BCUT2D eigenvalue weighted by Gasteiger charge is -2.11. The molecule has 2 aromatic rings. The molecule has 20 heavy (non-hydrogen) atoms. The number of anilines is 2. The summed E-state index contributed by atoms with van der Waals surface area (Å²) in [6.07, 6.45) is 0. The Hall–Kier alpha value is -2.63. The third-order valence-corrected chi connectivity index (χ3v) is 2.49. The molecule has 0 bridgehead atoms. The summed E-state index contributed by atoms with van der Waals surface area (Å²) in [4.78, 5) is 12.1. The molecule has 1 amide bonds. The predicted molar refractivity (Wildman–Crippen MR) is 71.9 cm³/mol. The molecule has 4 nitrogen and oxygen atoms in total. The lowest BCUT2D eigenvalue weighted by Crippen LogP contribution is -2.15. The van der Waals surface area contributed by atoms with Crippen molar-refractivity contribution in [3.63, 3.8) is 0 Å². The molecule has 0 atom stereocenters. The summed E-state index contributed by atoms with van der Waals surface area (Å²) >= 11 is 0. The van der Waals surface area contributed by atoms with Gasteiger partial charge in [-0.15, -0.1) is 0 Å². The maximum absolute atomic E-state index is 12.3. The second kappa shape index (κ2) is 6.01. The van der Waals surface area contributed by atoms with E-state index in [-0.39, 0.29) is 11.3 Å². The molecule has 0 unspecified atom stereocenters. The molecule has 0 fully saturated rings. The van der Waals surface area contributed by atoms with Crippen molar-refractivity contribution in [3.05, 3.63) is 54.1 Å². The summed E-state index contributed by atoms with van der Waals surface area (Å²) in [5, 5.41) is 2.57. The van der Waals surface area contributed by atoms with Crippen molar-refractivity contribution in [2.75, 3.05) is 11.1 Å². The topological polar surface area (TPSA) is 64.3 Å². The molecule has 0 heterocycles. The number of amides is 1. The third kappa shape index (κ3) is 3.44. The van der Waals surface area contributed by atoms with E-state index in [9.17, 15) is 13.6 Å². The number of rotatable bonds is 4. The Morgan fingerprint density at radius 2 is 1.90 bits per heavy atom. The zero-order valence-corrected chi connectivity index (χ0v) is 10.3. The van der Waals surface area contributed by atoms with Gasteiger partial charge in [-0.3, -0.25) is 4.79 Å². The minimum Gasteiger partial charge on any atom is -0.434 e. The van der Waals surface area contributed by atoms with Crippen LogP contribution in [0.3, 0.4) is 0 Å². The highest BCUT2D eigenvalue weighted by Crippen LogP contribution is 2.22. The maximum Gasteiger partial charge on any atom is 0.387 e. The number of hydrogen-bond donors (Lipinski definition) is 2. The van der Waals surface area contributed by atoms with E-state index in [2.05, 4.69) is 10.1 Å². The lowest BCUT2D eigenvalue weighted by molar-refractivity contribution is -0.0501. The summed E-state index contributed by atoms with van der Waals surface area (Å²) in [6, 6.07) is 12.3. The first-order valence-corrected chi connectivity index (χ1v) is 5.77. The van der Waals surface area contributed by atoms with Gasteiger partial charge in [0.25, 0.3) is 5.91 Å². The van der Waals surface area contributed by atoms with Crippen LogP contribution in [0.4, 0.5) is 20.2 Å². The van der Waals surface area contributed by atoms with Crippen LogP contribution in [0.25, 0.3) is 0 Å². The first kappa shape index (κ1) is 13.8. The van der Waals surface area contributed by atoms with E-state index in [0.29, 0.717) is 11.4 Å². The van der Waals surface area contributed by atoms with E-state index in [1.54, 1.807) is 30.3 Å². The molecule has 0 radical (unpaired) electrons. The van der Waals surface area contributed by atoms with Crippen molar-refractivity contribution < 1.29 is 18.3 Å². The van der Waals surface area contributed by atoms with E-state index in [0.717, 1.165) is 0 Å². The van der Waals surface area contributed by atoms with Gasteiger partial charge in [0.05, 0.1) is 5.56 Å². The number of nitrogens with two attached hydrogens (primary N) is 1. The summed E-state index contributed by atoms with van der Waals surface area (Å²) < 4.78 is 28.9. The number of hydrogen-bond acceptors (Lipinski definition) is 3. The van der Waals surface area contributed by atoms with Gasteiger partial charge in [-0.25, -0.2) is 0 Å². The largest absolute Gasteiger partial charge is 0.434 e. The second-order valence-corrected chi connectivity index (χ2v) is 3.95. The van der Waals surface area contributed by atoms with Crippen LogP contribution < -0.4 is 15.8 Å². The number of carbonyl (C=O) groups is 1. The van der Waals surface area contributed by atoms with Crippen LogP contribution in [0.1, 0.15) is 10.4 Å². The summed E-state index contributed by atoms with van der Waals surface area (Å²) in [6.45, 7) is -2.99. The van der Waals surface area contributed by atoms with Gasteiger partial charge in [-0.05, 0) is 30.3 Å². The third-order valence-electron chi connectivity index (χ3n) is 2.49. The molecule has 0 aliphatic carbocycles. The number of nitrogens with one attached hydrogen (secondary N) is 1. The maximum atomic E-state index is 12.3. The molecule has 6 heteroatoms. The fourth-order valence-electron chi connectivity index (χ4n) is 1.67. The fourth-order valence-corrected chi connectivity index (χ4v) is 1.67. The zero-order valence-electron chi connectivity index (χ0n) is 10.3. The van der Waals surface area contributed by atoms with Crippen molar-refractivity contribution in [1.29, 1.82) is 0 Å². The minimum atomic E-state index is -2.99. The van der Waals surface area contributed by atoms with Crippen molar-refractivity contribution in [2.24, 2.45) is 0 Å². The van der Waals surface area contributed by atoms with E-state index >= 15 is 0 Å². The zero-order chi connectivity index (χ0) is 14.5. The van der Waals surface area contributed by atoms with E-state index < -0.39 is 12.5 Å². The molecule has 0 aliphatic rings. The van der Waals surface area contributed by atoms with Crippen molar-refractivity contribution in [3.8, 4) is 5.75 Å². The summed E-state index contributed by atoms with van der Waals surface area (Å²) in [5.41, 5.74) is 6.58. The number of carbonyl (C=O) groups excluding carboxylic acids is 1.